The highest BCUT2D eigenvalue weighted by atomic mass is 35.5. The van der Waals surface area contributed by atoms with Crippen molar-refractivity contribution in [1.82, 2.24) is 9.97 Å². The molecule has 3 rings (SSSR count). The molecule has 0 fully saturated rings. The molecule has 21 heavy (non-hydrogen) atoms. The second-order valence-electron chi connectivity index (χ2n) is 4.79. The summed E-state index contributed by atoms with van der Waals surface area (Å²) in [5.41, 5.74) is 2.67. The molecule has 0 spiro atoms. The number of aliphatic hydroxyl groups is 1. The largest absolute Gasteiger partial charge is 0.382 e. The molecule has 0 aliphatic heterocycles. The van der Waals surface area contributed by atoms with Crippen molar-refractivity contribution in [3.05, 3.63) is 69.6 Å². The van der Waals surface area contributed by atoms with Gasteiger partial charge in [0.15, 0.2) is 0 Å². The monoisotopic (exact) mass is 318 g/mol. The van der Waals surface area contributed by atoms with Gasteiger partial charge in [0, 0.05) is 22.3 Å². The molecule has 0 saturated heterocycles. The van der Waals surface area contributed by atoms with Crippen LogP contribution in [0.3, 0.4) is 0 Å². The number of aromatic nitrogens is 2. The van der Waals surface area contributed by atoms with E-state index in [-0.39, 0.29) is 0 Å². The van der Waals surface area contributed by atoms with Gasteiger partial charge in [0.05, 0.1) is 16.2 Å². The lowest BCUT2D eigenvalue weighted by atomic mass is 10.0. The van der Waals surface area contributed by atoms with E-state index in [4.69, 9.17) is 23.2 Å². The van der Waals surface area contributed by atoms with Crippen molar-refractivity contribution in [2.75, 3.05) is 0 Å². The zero-order valence-corrected chi connectivity index (χ0v) is 12.7. The summed E-state index contributed by atoms with van der Waals surface area (Å²) in [6.07, 6.45) is 0.791. The van der Waals surface area contributed by atoms with Gasteiger partial charge in [0.2, 0.25) is 0 Å². The Morgan fingerprint density at radius 1 is 1.14 bits per heavy atom. The molecule has 1 atom stereocenters. The average Bonchev–Trinajstić information content (AvgIpc) is 2.47. The number of hydrogen-bond donors (Lipinski definition) is 1. The smallest absolute Gasteiger partial charge is 0.122 e. The highest BCUT2D eigenvalue weighted by Gasteiger charge is 2.17. The molecule has 2 heterocycles. The number of halogens is 2. The van der Waals surface area contributed by atoms with Crippen molar-refractivity contribution >= 4 is 34.1 Å². The second kappa shape index (κ2) is 5.60. The fraction of sp³-hybridized carbons (Fsp3) is 0.125. The molecular weight excluding hydrogens is 307 g/mol. The summed E-state index contributed by atoms with van der Waals surface area (Å²) in [4.78, 5) is 8.63. The second-order valence-corrected chi connectivity index (χ2v) is 5.64. The van der Waals surface area contributed by atoms with E-state index in [1.54, 1.807) is 30.5 Å². The van der Waals surface area contributed by atoms with E-state index in [1.165, 1.54) is 0 Å². The predicted molar refractivity (Wildman–Crippen MR) is 84.8 cm³/mol. The van der Waals surface area contributed by atoms with Crippen LogP contribution in [-0.2, 0) is 0 Å². The van der Waals surface area contributed by atoms with Crippen LogP contribution in [-0.4, -0.2) is 15.1 Å². The van der Waals surface area contributed by atoms with Crippen LogP contribution in [0, 0.1) is 6.92 Å². The Hall–Kier alpha value is -1.68. The van der Waals surface area contributed by atoms with Crippen LogP contribution in [0.1, 0.15) is 23.1 Å². The van der Waals surface area contributed by atoms with Gasteiger partial charge >= 0.3 is 0 Å². The lowest BCUT2D eigenvalue weighted by Gasteiger charge is -2.15. The maximum atomic E-state index is 10.6. The lowest BCUT2D eigenvalue weighted by molar-refractivity contribution is 0.217. The lowest BCUT2D eigenvalue weighted by Crippen LogP contribution is -2.04. The van der Waals surface area contributed by atoms with Gasteiger partial charge < -0.3 is 5.11 Å². The third-order valence-corrected chi connectivity index (χ3v) is 3.76. The van der Waals surface area contributed by atoms with E-state index in [0.717, 1.165) is 11.1 Å². The molecule has 2 aromatic heterocycles. The van der Waals surface area contributed by atoms with E-state index in [1.807, 2.05) is 19.1 Å². The van der Waals surface area contributed by atoms with Gasteiger partial charge in [-0.1, -0.05) is 29.3 Å². The summed E-state index contributed by atoms with van der Waals surface area (Å²) in [5.74, 6) is 0. The number of nitrogens with zero attached hydrogens (tertiary/aromatic N) is 2. The fourth-order valence-electron chi connectivity index (χ4n) is 2.33. The van der Waals surface area contributed by atoms with Crippen LogP contribution in [0.15, 0.2) is 42.6 Å². The summed E-state index contributed by atoms with van der Waals surface area (Å²) >= 11 is 12.3. The summed E-state index contributed by atoms with van der Waals surface area (Å²) < 4.78 is 0. The number of aryl methyl sites for hydroxylation is 1. The van der Waals surface area contributed by atoms with Crippen molar-refractivity contribution < 1.29 is 5.11 Å². The zero-order valence-electron chi connectivity index (χ0n) is 11.2. The molecule has 0 radical (unpaired) electrons. The van der Waals surface area contributed by atoms with Crippen LogP contribution in [0.25, 0.3) is 10.9 Å². The predicted octanol–water partition coefficient (Wildman–Crippen LogP) is 4.33. The van der Waals surface area contributed by atoms with Gasteiger partial charge in [-0.15, -0.1) is 0 Å². The topological polar surface area (TPSA) is 46.0 Å². The Morgan fingerprint density at radius 3 is 2.67 bits per heavy atom. The highest BCUT2D eigenvalue weighted by molar-refractivity contribution is 6.38. The number of rotatable bonds is 2. The van der Waals surface area contributed by atoms with Crippen molar-refractivity contribution in [2.45, 2.75) is 13.0 Å². The maximum absolute atomic E-state index is 10.6. The van der Waals surface area contributed by atoms with Gasteiger partial charge in [-0.25, -0.2) is 0 Å². The number of pyridine rings is 2. The molecule has 0 bridgehead atoms. The Balaban J connectivity index is 2.27. The van der Waals surface area contributed by atoms with E-state index in [9.17, 15) is 5.11 Å². The molecule has 1 unspecified atom stereocenters. The summed E-state index contributed by atoms with van der Waals surface area (Å²) in [6, 6.07) is 10.7. The van der Waals surface area contributed by atoms with Gasteiger partial charge in [-0.05, 0) is 42.8 Å². The number of aliphatic hydroxyl groups excluding tert-OH is 1. The zero-order chi connectivity index (χ0) is 15.0. The van der Waals surface area contributed by atoms with Gasteiger partial charge in [-0.3, -0.25) is 9.97 Å². The highest BCUT2D eigenvalue weighted by Crippen LogP contribution is 2.33. The Labute approximate surface area is 132 Å². The third-order valence-electron chi connectivity index (χ3n) is 3.25. The minimum absolute atomic E-state index is 0.468. The van der Waals surface area contributed by atoms with Crippen LogP contribution >= 0.6 is 23.2 Å². The molecule has 0 aliphatic rings. The number of fused-ring (bicyclic) bond motifs is 1. The normalized spacial score (nSPS) is 12.6. The van der Waals surface area contributed by atoms with Crippen LogP contribution in [0.4, 0.5) is 0 Å². The average molecular weight is 319 g/mol. The van der Waals surface area contributed by atoms with Crippen molar-refractivity contribution in [2.24, 2.45) is 0 Å². The van der Waals surface area contributed by atoms with Crippen molar-refractivity contribution in [1.29, 1.82) is 0 Å². The standard InChI is InChI=1S/C16H12Cl2N2O/c1-9-6-12(16(21)14-4-2-3-5-19-14)11-7-10(17)8-13(18)15(11)20-9/h2-8,16,21H,1H3. The summed E-state index contributed by atoms with van der Waals surface area (Å²) in [5, 5.41) is 12.3. The van der Waals surface area contributed by atoms with Gasteiger partial charge in [0.25, 0.3) is 0 Å². The molecule has 1 aromatic carbocycles. The summed E-state index contributed by atoms with van der Waals surface area (Å²) in [7, 11) is 0. The molecule has 0 aliphatic carbocycles. The molecule has 1 N–H and O–H groups in total. The van der Waals surface area contributed by atoms with Gasteiger partial charge in [0.1, 0.15) is 6.10 Å². The molecule has 0 amide bonds. The molecular formula is C16H12Cl2N2O. The van der Waals surface area contributed by atoms with Gasteiger partial charge in [-0.2, -0.15) is 0 Å². The fourth-order valence-corrected chi connectivity index (χ4v) is 2.87. The van der Waals surface area contributed by atoms with Crippen LogP contribution < -0.4 is 0 Å². The minimum atomic E-state index is -0.857. The Bertz CT molecular complexity index is 806. The summed E-state index contributed by atoms with van der Waals surface area (Å²) in [6.45, 7) is 1.86. The SMILES string of the molecule is Cc1cc(C(O)c2ccccn2)c2cc(Cl)cc(Cl)c2n1. The van der Waals surface area contributed by atoms with Crippen LogP contribution in [0.5, 0.6) is 0 Å². The van der Waals surface area contributed by atoms with E-state index in [2.05, 4.69) is 9.97 Å². The molecule has 3 aromatic rings. The first-order valence-electron chi connectivity index (χ1n) is 6.41. The molecule has 5 heteroatoms. The first kappa shape index (κ1) is 14.3. The quantitative estimate of drug-likeness (QED) is 0.765. The first-order chi connectivity index (χ1) is 10.1. The number of benzene rings is 1. The maximum Gasteiger partial charge on any atom is 0.122 e. The van der Waals surface area contributed by atoms with Crippen LogP contribution in [0.2, 0.25) is 10.0 Å². The van der Waals surface area contributed by atoms with E-state index < -0.39 is 6.10 Å². The Kier molecular flexibility index (Phi) is 3.81. The minimum Gasteiger partial charge on any atom is -0.382 e. The molecule has 3 nitrogen and oxygen atoms in total. The van der Waals surface area contributed by atoms with Crippen molar-refractivity contribution in [3.8, 4) is 0 Å². The Morgan fingerprint density at radius 2 is 1.95 bits per heavy atom. The van der Waals surface area contributed by atoms with E-state index in [0.29, 0.717) is 26.8 Å². The van der Waals surface area contributed by atoms with E-state index >= 15 is 0 Å². The molecule has 0 saturated carbocycles. The molecule has 106 valence electrons. The number of hydrogen-bond acceptors (Lipinski definition) is 3. The van der Waals surface area contributed by atoms with Crippen molar-refractivity contribution in [3.63, 3.8) is 0 Å². The first-order valence-corrected chi connectivity index (χ1v) is 7.17. The third kappa shape index (κ3) is 2.72.